The minimum Gasteiger partial charge on any atom is -0.299 e. The number of nitro groups is 1. The van der Waals surface area contributed by atoms with E-state index in [0.29, 0.717) is 18.6 Å². The highest BCUT2D eigenvalue weighted by atomic mass is 19.1. The summed E-state index contributed by atoms with van der Waals surface area (Å²) in [5.41, 5.74) is 0.354. The summed E-state index contributed by atoms with van der Waals surface area (Å²) in [5, 5.41) is 10.6. The Balaban J connectivity index is 1.69. The first-order valence-corrected chi connectivity index (χ1v) is 7.41. The number of nitro benzene ring substituents is 1. The number of hydrogen-bond acceptors (Lipinski definition) is 4. The van der Waals surface area contributed by atoms with E-state index in [1.54, 1.807) is 6.07 Å². The first kappa shape index (κ1) is 14.4. The van der Waals surface area contributed by atoms with Gasteiger partial charge < -0.3 is 0 Å². The van der Waals surface area contributed by atoms with Gasteiger partial charge in [-0.25, -0.2) is 0 Å². The molecule has 2 aliphatic rings. The minimum absolute atomic E-state index is 0.451. The van der Waals surface area contributed by atoms with Crippen LogP contribution in [0.15, 0.2) is 18.2 Å². The van der Waals surface area contributed by atoms with Crippen molar-refractivity contribution < 1.29 is 9.31 Å². The van der Waals surface area contributed by atoms with Crippen molar-refractivity contribution in [2.24, 2.45) is 0 Å². The maximum absolute atomic E-state index is 13.7. The van der Waals surface area contributed by atoms with Crippen LogP contribution in [-0.4, -0.2) is 46.9 Å². The summed E-state index contributed by atoms with van der Waals surface area (Å²) in [7, 11) is 2.19. The Morgan fingerprint density at radius 3 is 2.81 bits per heavy atom. The van der Waals surface area contributed by atoms with Gasteiger partial charge in [0.05, 0.1) is 4.92 Å². The number of fused-ring (bicyclic) bond motifs is 2. The topological polar surface area (TPSA) is 49.6 Å². The van der Waals surface area contributed by atoms with Crippen molar-refractivity contribution in [2.45, 2.75) is 37.9 Å². The molecule has 0 radical (unpaired) electrons. The van der Waals surface area contributed by atoms with Crippen molar-refractivity contribution in [3.8, 4) is 0 Å². The van der Waals surface area contributed by atoms with Crippen molar-refractivity contribution in [3.05, 3.63) is 39.7 Å². The third kappa shape index (κ3) is 2.91. The van der Waals surface area contributed by atoms with E-state index in [1.807, 2.05) is 0 Å². The second-order valence-corrected chi connectivity index (χ2v) is 6.12. The van der Waals surface area contributed by atoms with Crippen LogP contribution in [0.5, 0.6) is 0 Å². The average molecular weight is 293 g/mol. The third-order valence-corrected chi connectivity index (χ3v) is 4.85. The van der Waals surface area contributed by atoms with E-state index in [4.69, 9.17) is 0 Å². The smallest absolute Gasteiger partial charge is 0.299 e. The maximum atomic E-state index is 13.7. The number of hydrogen-bond donors (Lipinski definition) is 0. The van der Waals surface area contributed by atoms with Crippen LogP contribution < -0.4 is 0 Å². The monoisotopic (exact) mass is 293 g/mol. The van der Waals surface area contributed by atoms with Crippen molar-refractivity contribution in [2.75, 3.05) is 20.1 Å². The molecule has 0 aromatic heterocycles. The SMILES string of the molecule is CN1C2CCC1CN(Cc1ccc([N+](=O)[O-])c(F)c1)CC2. The summed E-state index contributed by atoms with van der Waals surface area (Å²) in [4.78, 5) is 14.8. The fourth-order valence-corrected chi connectivity index (χ4v) is 3.58. The molecule has 2 fully saturated rings. The Morgan fingerprint density at radius 1 is 1.33 bits per heavy atom. The summed E-state index contributed by atoms with van der Waals surface area (Å²) in [6, 6.07) is 5.48. The van der Waals surface area contributed by atoms with Gasteiger partial charge in [-0.2, -0.15) is 4.39 Å². The molecule has 2 saturated heterocycles. The fourth-order valence-electron chi connectivity index (χ4n) is 3.58. The van der Waals surface area contributed by atoms with Gasteiger partial charge in [0.1, 0.15) is 0 Å². The van der Waals surface area contributed by atoms with E-state index in [1.165, 1.54) is 25.0 Å². The van der Waals surface area contributed by atoms with Gasteiger partial charge in [0.15, 0.2) is 0 Å². The van der Waals surface area contributed by atoms with Gasteiger partial charge in [-0.15, -0.1) is 0 Å². The third-order valence-electron chi connectivity index (χ3n) is 4.85. The molecule has 2 atom stereocenters. The van der Waals surface area contributed by atoms with Crippen LogP contribution in [0.25, 0.3) is 0 Å². The maximum Gasteiger partial charge on any atom is 0.304 e. The number of nitrogens with zero attached hydrogens (tertiary/aromatic N) is 3. The molecule has 2 unspecified atom stereocenters. The summed E-state index contributed by atoms with van der Waals surface area (Å²) in [5.74, 6) is -0.744. The van der Waals surface area contributed by atoms with Crippen molar-refractivity contribution in [3.63, 3.8) is 0 Å². The largest absolute Gasteiger partial charge is 0.304 e. The molecule has 2 bridgehead atoms. The van der Waals surface area contributed by atoms with Crippen molar-refractivity contribution in [1.29, 1.82) is 0 Å². The van der Waals surface area contributed by atoms with E-state index >= 15 is 0 Å². The van der Waals surface area contributed by atoms with Crippen LogP contribution in [0.2, 0.25) is 0 Å². The number of likely N-dealkylation sites (tertiary alicyclic amines) is 1. The molecule has 21 heavy (non-hydrogen) atoms. The number of benzene rings is 1. The molecule has 114 valence electrons. The number of halogens is 1. The molecule has 0 aliphatic carbocycles. The second-order valence-electron chi connectivity index (χ2n) is 6.12. The first-order chi connectivity index (χ1) is 10.0. The molecule has 6 heteroatoms. The molecule has 0 N–H and O–H groups in total. The molecule has 2 heterocycles. The van der Waals surface area contributed by atoms with Crippen LogP contribution in [0, 0.1) is 15.9 Å². The molecular formula is C15H20FN3O2. The summed E-state index contributed by atoms with van der Waals surface area (Å²) >= 11 is 0. The standard InChI is InChI=1S/C15H20FN3O2/c1-17-12-3-4-13(17)10-18(7-6-12)9-11-2-5-15(19(20)21)14(16)8-11/h2,5,8,12-13H,3-4,6-7,9-10H2,1H3. The summed E-state index contributed by atoms with van der Waals surface area (Å²) < 4.78 is 13.7. The molecule has 1 aromatic carbocycles. The van der Waals surface area contributed by atoms with Gasteiger partial charge in [-0.05, 0) is 37.9 Å². The fraction of sp³-hybridized carbons (Fsp3) is 0.600. The zero-order chi connectivity index (χ0) is 15.0. The van der Waals surface area contributed by atoms with Crippen LogP contribution >= 0.6 is 0 Å². The highest BCUT2D eigenvalue weighted by molar-refractivity contribution is 5.35. The number of likely N-dealkylation sites (N-methyl/N-ethyl adjacent to an activating group) is 1. The Labute approximate surface area is 123 Å². The van der Waals surface area contributed by atoms with Gasteiger partial charge in [-0.3, -0.25) is 19.9 Å². The normalized spacial score (nSPS) is 26.8. The van der Waals surface area contributed by atoms with Gasteiger partial charge in [0, 0.05) is 37.8 Å². The second kappa shape index (κ2) is 5.69. The Hall–Kier alpha value is -1.53. The highest BCUT2D eigenvalue weighted by Gasteiger charge is 2.34. The van der Waals surface area contributed by atoms with Gasteiger partial charge in [0.25, 0.3) is 0 Å². The van der Waals surface area contributed by atoms with Crippen molar-refractivity contribution >= 4 is 5.69 Å². The lowest BCUT2D eigenvalue weighted by Gasteiger charge is -2.25. The zero-order valence-electron chi connectivity index (χ0n) is 12.2. The molecule has 2 aliphatic heterocycles. The predicted octanol–water partition coefficient (Wildman–Crippen LogP) is 2.40. The van der Waals surface area contributed by atoms with Crippen LogP contribution in [0.4, 0.5) is 10.1 Å². The van der Waals surface area contributed by atoms with Crippen LogP contribution in [-0.2, 0) is 6.54 Å². The van der Waals surface area contributed by atoms with Gasteiger partial charge >= 0.3 is 5.69 Å². The van der Waals surface area contributed by atoms with E-state index in [9.17, 15) is 14.5 Å². The lowest BCUT2D eigenvalue weighted by Crippen LogP contribution is -2.36. The summed E-state index contributed by atoms with van der Waals surface area (Å²) in [6.07, 6.45) is 3.65. The van der Waals surface area contributed by atoms with E-state index < -0.39 is 16.4 Å². The van der Waals surface area contributed by atoms with E-state index in [2.05, 4.69) is 16.8 Å². The lowest BCUT2D eigenvalue weighted by atomic mass is 10.1. The quantitative estimate of drug-likeness (QED) is 0.634. The average Bonchev–Trinajstić information content (AvgIpc) is 2.67. The Morgan fingerprint density at radius 2 is 2.10 bits per heavy atom. The lowest BCUT2D eigenvalue weighted by molar-refractivity contribution is -0.387. The predicted molar refractivity (Wildman–Crippen MR) is 77.5 cm³/mol. The Kier molecular flexibility index (Phi) is 3.91. The highest BCUT2D eigenvalue weighted by Crippen LogP contribution is 2.29. The van der Waals surface area contributed by atoms with E-state index in [-0.39, 0.29) is 0 Å². The van der Waals surface area contributed by atoms with Gasteiger partial charge in [0.2, 0.25) is 5.82 Å². The molecular weight excluding hydrogens is 273 g/mol. The van der Waals surface area contributed by atoms with Crippen molar-refractivity contribution in [1.82, 2.24) is 9.80 Å². The number of rotatable bonds is 3. The first-order valence-electron chi connectivity index (χ1n) is 7.41. The zero-order valence-corrected chi connectivity index (χ0v) is 12.2. The molecule has 0 amide bonds. The Bertz CT molecular complexity index is 552. The van der Waals surface area contributed by atoms with Crippen LogP contribution in [0.3, 0.4) is 0 Å². The minimum atomic E-state index is -0.744. The summed E-state index contributed by atoms with van der Waals surface area (Å²) in [6.45, 7) is 2.65. The molecule has 0 spiro atoms. The van der Waals surface area contributed by atoms with Crippen LogP contribution in [0.1, 0.15) is 24.8 Å². The molecule has 1 aromatic rings. The molecule has 0 saturated carbocycles. The van der Waals surface area contributed by atoms with E-state index in [0.717, 1.165) is 25.1 Å². The molecule has 5 nitrogen and oxygen atoms in total. The molecule has 3 rings (SSSR count). The van der Waals surface area contributed by atoms with Gasteiger partial charge in [-0.1, -0.05) is 6.07 Å².